The van der Waals surface area contributed by atoms with Crippen molar-refractivity contribution in [3.05, 3.63) is 57.3 Å². The molecule has 28 heavy (non-hydrogen) atoms. The summed E-state index contributed by atoms with van der Waals surface area (Å²) in [7, 11) is 1.66. The van der Waals surface area contributed by atoms with Gasteiger partial charge in [-0.2, -0.15) is 5.10 Å². The van der Waals surface area contributed by atoms with Crippen molar-refractivity contribution in [3.63, 3.8) is 0 Å². The number of benzene rings is 1. The number of anilines is 1. The van der Waals surface area contributed by atoms with E-state index in [4.69, 9.17) is 27.9 Å². The zero-order valence-corrected chi connectivity index (χ0v) is 17.3. The molecule has 1 aromatic heterocycles. The number of nitrogens with one attached hydrogen (secondary N) is 1. The largest absolute Gasteiger partial charge is 0.383 e. The van der Waals surface area contributed by atoms with E-state index in [0.717, 1.165) is 29.9 Å². The third-order valence-electron chi connectivity index (χ3n) is 5.41. The molecule has 2 aliphatic heterocycles. The molecule has 3 heterocycles. The number of ether oxygens (including phenoxy) is 1. The third-order valence-corrected chi connectivity index (χ3v) is 6.24. The zero-order chi connectivity index (χ0) is 19.8. The summed E-state index contributed by atoms with van der Waals surface area (Å²) in [4.78, 5) is 15.6. The van der Waals surface area contributed by atoms with Gasteiger partial charge >= 0.3 is 0 Å². The van der Waals surface area contributed by atoms with Crippen molar-refractivity contribution in [1.82, 2.24) is 14.7 Å². The third kappa shape index (κ3) is 3.19. The molecule has 8 heteroatoms. The fourth-order valence-corrected chi connectivity index (χ4v) is 4.54. The second-order valence-corrected chi connectivity index (χ2v) is 7.91. The zero-order valence-electron chi connectivity index (χ0n) is 15.8. The van der Waals surface area contributed by atoms with E-state index in [-0.39, 0.29) is 11.9 Å². The number of carbonyl (C=O) groups excluding carboxylic acids is 1. The van der Waals surface area contributed by atoms with Crippen LogP contribution in [0.3, 0.4) is 0 Å². The number of aromatic nitrogens is 2. The second-order valence-electron chi connectivity index (χ2n) is 7.12. The molecule has 1 N–H and O–H groups in total. The van der Waals surface area contributed by atoms with Gasteiger partial charge in [0.1, 0.15) is 11.9 Å². The summed E-state index contributed by atoms with van der Waals surface area (Å²) in [6.07, 6.45) is 3.61. The van der Waals surface area contributed by atoms with Crippen molar-refractivity contribution in [2.24, 2.45) is 0 Å². The van der Waals surface area contributed by atoms with E-state index in [0.29, 0.717) is 28.8 Å². The Morgan fingerprint density at radius 1 is 1.36 bits per heavy atom. The predicted molar refractivity (Wildman–Crippen MR) is 110 cm³/mol. The van der Waals surface area contributed by atoms with E-state index in [9.17, 15) is 4.79 Å². The van der Waals surface area contributed by atoms with Gasteiger partial charge in [-0.1, -0.05) is 35.3 Å². The van der Waals surface area contributed by atoms with E-state index >= 15 is 0 Å². The molecular formula is C20H22Cl2N4O2. The van der Waals surface area contributed by atoms with E-state index < -0.39 is 6.04 Å². The molecule has 2 aliphatic rings. The van der Waals surface area contributed by atoms with Crippen LogP contribution in [0.25, 0.3) is 0 Å². The SMILES string of the molecule is COCC1CCCN1C(=O)C1=C(C)Nc2ccnn2C1c1cccc(Cl)c1Cl. The van der Waals surface area contributed by atoms with Crippen molar-refractivity contribution >= 4 is 34.9 Å². The summed E-state index contributed by atoms with van der Waals surface area (Å²) in [5, 5.41) is 8.65. The number of nitrogens with zero attached hydrogens (tertiary/aromatic N) is 3. The van der Waals surface area contributed by atoms with Gasteiger partial charge in [0.2, 0.25) is 0 Å². The van der Waals surface area contributed by atoms with Gasteiger partial charge in [0, 0.05) is 31.0 Å². The van der Waals surface area contributed by atoms with Crippen LogP contribution < -0.4 is 5.32 Å². The van der Waals surface area contributed by atoms with Crippen molar-refractivity contribution in [2.45, 2.75) is 31.8 Å². The normalized spacial score (nSPS) is 21.6. The van der Waals surface area contributed by atoms with Crippen LogP contribution in [0.1, 0.15) is 31.4 Å². The van der Waals surface area contributed by atoms with Crippen molar-refractivity contribution in [1.29, 1.82) is 0 Å². The minimum absolute atomic E-state index is 0.0215. The second kappa shape index (κ2) is 7.78. The maximum absolute atomic E-state index is 13.7. The van der Waals surface area contributed by atoms with Crippen molar-refractivity contribution < 1.29 is 9.53 Å². The van der Waals surface area contributed by atoms with Gasteiger partial charge < -0.3 is 15.0 Å². The molecular weight excluding hydrogens is 399 g/mol. The highest BCUT2D eigenvalue weighted by Gasteiger charge is 2.39. The lowest BCUT2D eigenvalue weighted by molar-refractivity contribution is -0.129. The average molecular weight is 421 g/mol. The lowest BCUT2D eigenvalue weighted by Crippen LogP contribution is -2.42. The van der Waals surface area contributed by atoms with Gasteiger partial charge in [-0.25, -0.2) is 4.68 Å². The summed E-state index contributed by atoms with van der Waals surface area (Å²) in [6.45, 7) is 3.16. The summed E-state index contributed by atoms with van der Waals surface area (Å²) in [5.41, 5.74) is 2.18. The molecule has 2 aromatic rings. The minimum Gasteiger partial charge on any atom is -0.383 e. The first kappa shape index (κ1) is 19.3. The van der Waals surface area contributed by atoms with Crippen LogP contribution >= 0.6 is 23.2 Å². The van der Waals surface area contributed by atoms with Crippen LogP contribution in [-0.2, 0) is 9.53 Å². The number of allylic oxidation sites excluding steroid dienone is 1. The first-order valence-electron chi connectivity index (χ1n) is 9.28. The van der Waals surface area contributed by atoms with E-state index in [1.807, 2.05) is 30.0 Å². The van der Waals surface area contributed by atoms with Crippen LogP contribution in [0.4, 0.5) is 5.82 Å². The van der Waals surface area contributed by atoms with Crippen LogP contribution in [0.5, 0.6) is 0 Å². The van der Waals surface area contributed by atoms with E-state index in [1.54, 1.807) is 24.1 Å². The monoisotopic (exact) mass is 420 g/mol. The lowest BCUT2D eigenvalue weighted by atomic mass is 9.94. The van der Waals surface area contributed by atoms with Gasteiger partial charge in [0.15, 0.2) is 0 Å². The Balaban J connectivity index is 1.82. The minimum atomic E-state index is -0.450. The lowest BCUT2D eigenvalue weighted by Gasteiger charge is -2.34. The molecule has 6 nitrogen and oxygen atoms in total. The number of hydrogen-bond acceptors (Lipinski definition) is 4. The predicted octanol–water partition coefficient (Wildman–Crippen LogP) is 4.12. The van der Waals surface area contributed by atoms with Crippen molar-refractivity contribution in [3.8, 4) is 0 Å². The molecule has 1 fully saturated rings. The fourth-order valence-electron chi connectivity index (χ4n) is 4.13. The molecule has 0 aliphatic carbocycles. The number of hydrogen-bond donors (Lipinski definition) is 1. The van der Waals surface area contributed by atoms with Crippen LogP contribution in [-0.4, -0.2) is 46.9 Å². The molecule has 0 radical (unpaired) electrons. The first-order chi connectivity index (χ1) is 13.5. The van der Waals surface area contributed by atoms with E-state index in [2.05, 4.69) is 10.4 Å². The van der Waals surface area contributed by atoms with Gasteiger partial charge in [-0.15, -0.1) is 0 Å². The number of carbonyl (C=O) groups is 1. The maximum Gasteiger partial charge on any atom is 0.254 e. The molecule has 1 aromatic carbocycles. The van der Waals surface area contributed by atoms with Gasteiger partial charge in [-0.3, -0.25) is 4.79 Å². The van der Waals surface area contributed by atoms with E-state index in [1.165, 1.54) is 0 Å². The van der Waals surface area contributed by atoms with Crippen molar-refractivity contribution in [2.75, 3.05) is 25.6 Å². The Labute approximate surface area is 174 Å². The molecule has 0 saturated carbocycles. The highest BCUT2D eigenvalue weighted by atomic mass is 35.5. The number of amides is 1. The maximum atomic E-state index is 13.7. The molecule has 2 atom stereocenters. The highest BCUT2D eigenvalue weighted by molar-refractivity contribution is 6.42. The number of methoxy groups -OCH3 is 1. The number of fused-ring (bicyclic) bond motifs is 1. The summed E-state index contributed by atoms with van der Waals surface area (Å²) in [6, 6.07) is 6.98. The molecule has 4 rings (SSSR count). The average Bonchev–Trinajstić information content (AvgIpc) is 3.32. The van der Waals surface area contributed by atoms with Crippen LogP contribution in [0, 0.1) is 0 Å². The smallest absolute Gasteiger partial charge is 0.254 e. The Morgan fingerprint density at radius 3 is 2.96 bits per heavy atom. The molecule has 0 spiro atoms. The topological polar surface area (TPSA) is 59.4 Å². The first-order valence-corrected chi connectivity index (χ1v) is 10.0. The standard InChI is InChI=1S/C20H22Cl2N4O2/c1-12-17(20(27)25-10-4-5-13(25)11-28-2)19(26-16(24-12)8-9-23-26)14-6-3-7-15(21)18(14)22/h3,6-9,13,19,24H,4-5,10-11H2,1-2H3. The van der Waals surface area contributed by atoms with Crippen LogP contribution in [0.15, 0.2) is 41.7 Å². The molecule has 0 bridgehead atoms. The quantitative estimate of drug-likeness (QED) is 0.807. The van der Waals surface area contributed by atoms with Gasteiger partial charge in [0.05, 0.1) is 34.5 Å². The number of likely N-dealkylation sites (tertiary alicyclic amines) is 1. The fraction of sp³-hybridized carbons (Fsp3) is 0.400. The Kier molecular flexibility index (Phi) is 5.36. The summed E-state index contributed by atoms with van der Waals surface area (Å²) < 4.78 is 7.12. The number of halogens is 2. The summed E-state index contributed by atoms with van der Waals surface area (Å²) >= 11 is 12.8. The Bertz CT molecular complexity index is 940. The molecule has 1 saturated heterocycles. The van der Waals surface area contributed by atoms with Crippen LogP contribution in [0.2, 0.25) is 10.0 Å². The highest BCUT2D eigenvalue weighted by Crippen LogP contribution is 2.41. The molecule has 2 unspecified atom stereocenters. The molecule has 148 valence electrons. The Hall–Kier alpha value is -2.02. The molecule has 1 amide bonds. The summed E-state index contributed by atoms with van der Waals surface area (Å²) in [5.74, 6) is 0.789. The number of rotatable bonds is 4. The van der Waals surface area contributed by atoms with Gasteiger partial charge in [-0.05, 0) is 25.8 Å². The van der Waals surface area contributed by atoms with Gasteiger partial charge in [0.25, 0.3) is 5.91 Å². The Morgan fingerprint density at radius 2 is 2.18 bits per heavy atom.